The topological polar surface area (TPSA) is 64.6 Å². The van der Waals surface area contributed by atoms with E-state index < -0.39 is 11.5 Å². The highest BCUT2D eigenvalue weighted by molar-refractivity contribution is 5.90. The Labute approximate surface area is 119 Å². The number of amides is 1. The molecular formula is C15H21NO4. The van der Waals surface area contributed by atoms with Gasteiger partial charge in [0.25, 0.3) is 5.91 Å². The van der Waals surface area contributed by atoms with E-state index in [0.29, 0.717) is 0 Å². The van der Waals surface area contributed by atoms with Crippen molar-refractivity contribution in [3.8, 4) is 0 Å². The molecule has 3 atom stereocenters. The Hall–Kier alpha value is -1.46. The second-order valence-corrected chi connectivity index (χ2v) is 6.05. The van der Waals surface area contributed by atoms with Crippen molar-refractivity contribution in [2.45, 2.75) is 39.1 Å². The maximum Gasteiger partial charge on any atom is 0.251 e. The number of rotatable bonds is 3. The maximum absolute atomic E-state index is 12.0. The van der Waals surface area contributed by atoms with Gasteiger partial charge in [0.15, 0.2) is 11.9 Å². The van der Waals surface area contributed by atoms with Crippen molar-refractivity contribution in [2.75, 3.05) is 13.2 Å². The predicted molar refractivity (Wildman–Crippen MR) is 74.2 cm³/mol. The van der Waals surface area contributed by atoms with Gasteiger partial charge in [-0.05, 0) is 0 Å². The van der Waals surface area contributed by atoms with Crippen LogP contribution in [0.15, 0.2) is 24.3 Å². The molecule has 2 aliphatic rings. The molecule has 2 rings (SSSR count). The number of fused-ring (bicyclic) bond motifs is 1. The van der Waals surface area contributed by atoms with E-state index >= 15 is 0 Å². The van der Waals surface area contributed by atoms with Crippen LogP contribution < -0.4 is 5.32 Å². The van der Waals surface area contributed by atoms with E-state index in [4.69, 9.17) is 9.47 Å². The zero-order chi connectivity index (χ0) is 14.8. The molecule has 1 N–H and O–H groups in total. The summed E-state index contributed by atoms with van der Waals surface area (Å²) in [4.78, 5) is 23.8. The molecule has 1 heterocycles. The van der Waals surface area contributed by atoms with Gasteiger partial charge in [-0.1, -0.05) is 45.1 Å². The number of Topliss-reactive ketones (excluding diaryl/α,β-unsaturated/α-hetero) is 1. The van der Waals surface area contributed by atoms with Crippen LogP contribution >= 0.6 is 0 Å². The average Bonchev–Trinajstić information content (AvgIpc) is 2.42. The Morgan fingerprint density at radius 2 is 1.85 bits per heavy atom. The fraction of sp³-hybridized carbons (Fsp3) is 0.600. The lowest BCUT2D eigenvalue weighted by molar-refractivity contribution is -0.168. The van der Waals surface area contributed by atoms with Gasteiger partial charge in [0.2, 0.25) is 0 Å². The summed E-state index contributed by atoms with van der Waals surface area (Å²) in [5, 5.41) is 2.62. The molecule has 0 spiro atoms. The molecule has 0 aromatic heterocycles. The van der Waals surface area contributed by atoms with Crippen LogP contribution in [0.2, 0.25) is 0 Å². The molecule has 0 aromatic carbocycles. The van der Waals surface area contributed by atoms with E-state index in [1.165, 1.54) is 0 Å². The second kappa shape index (κ2) is 5.89. The van der Waals surface area contributed by atoms with E-state index in [-0.39, 0.29) is 37.0 Å². The van der Waals surface area contributed by atoms with Crippen LogP contribution in [0.25, 0.3) is 0 Å². The van der Waals surface area contributed by atoms with Gasteiger partial charge in [-0.2, -0.15) is 0 Å². The molecule has 0 radical (unpaired) electrons. The van der Waals surface area contributed by atoms with Crippen LogP contribution in [0.1, 0.15) is 20.8 Å². The number of allylic oxidation sites excluding steroid dienone is 2. The minimum atomic E-state index is -0.667. The molecule has 5 heteroatoms. The van der Waals surface area contributed by atoms with Crippen LogP contribution in [-0.2, 0) is 19.1 Å². The van der Waals surface area contributed by atoms with Crippen molar-refractivity contribution in [1.82, 2.24) is 5.32 Å². The summed E-state index contributed by atoms with van der Waals surface area (Å²) >= 11 is 0. The molecule has 5 nitrogen and oxygen atoms in total. The first kappa shape index (κ1) is 14.9. The largest absolute Gasteiger partial charge is 0.368 e. The number of ether oxygens (including phenoxy) is 2. The number of nitrogens with one attached hydrogen (secondary N) is 1. The molecule has 0 saturated carbocycles. The van der Waals surface area contributed by atoms with Gasteiger partial charge < -0.3 is 14.8 Å². The summed E-state index contributed by atoms with van der Waals surface area (Å²) in [7, 11) is 0. The molecule has 1 saturated heterocycles. The van der Waals surface area contributed by atoms with Crippen LogP contribution in [-0.4, -0.2) is 43.2 Å². The zero-order valence-electron chi connectivity index (χ0n) is 12.1. The molecule has 3 unspecified atom stereocenters. The molecule has 110 valence electrons. The number of ketones is 1. The van der Waals surface area contributed by atoms with E-state index in [0.717, 1.165) is 0 Å². The summed E-state index contributed by atoms with van der Waals surface area (Å²) in [6, 6.07) is 0. The van der Waals surface area contributed by atoms with Gasteiger partial charge in [0.05, 0.1) is 13.2 Å². The monoisotopic (exact) mass is 279 g/mol. The molecular weight excluding hydrogens is 258 g/mol. The predicted octanol–water partition coefficient (Wildman–Crippen LogP) is 0.996. The van der Waals surface area contributed by atoms with Crippen LogP contribution in [0.4, 0.5) is 0 Å². The summed E-state index contributed by atoms with van der Waals surface area (Å²) in [5.74, 6) is -0.315. The third kappa shape index (κ3) is 3.55. The molecule has 1 fully saturated rings. The average molecular weight is 279 g/mol. The quantitative estimate of drug-likeness (QED) is 0.837. The van der Waals surface area contributed by atoms with Crippen molar-refractivity contribution in [2.24, 2.45) is 5.41 Å². The van der Waals surface area contributed by atoms with E-state index in [2.05, 4.69) is 5.32 Å². The van der Waals surface area contributed by atoms with Gasteiger partial charge in [-0.3, -0.25) is 9.59 Å². The summed E-state index contributed by atoms with van der Waals surface area (Å²) in [6.45, 7) is 5.70. The number of hydrogen-bond acceptors (Lipinski definition) is 4. The Balaban J connectivity index is 1.83. The summed E-state index contributed by atoms with van der Waals surface area (Å²) in [6.07, 6.45) is 6.51. The van der Waals surface area contributed by atoms with Gasteiger partial charge in [-0.15, -0.1) is 0 Å². The van der Waals surface area contributed by atoms with Gasteiger partial charge in [0.1, 0.15) is 12.2 Å². The number of hydrogen-bond donors (Lipinski definition) is 1. The Kier molecular flexibility index (Phi) is 4.40. The van der Waals surface area contributed by atoms with Gasteiger partial charge in [-0.25, -0.2) is 0 Å². The van der Waals surface area contributed by atoms with Crippen molar-refractivity contribution in [3.63, 3.8) is 0 Å². The lowest BCUT2D eigenvalue weighted by atomic mass is 9.91. The fourth-order valence-corrected chi connectivity index (χ4v) is 1.95. The first-order chi connectivity index (χ1) is 9.38. The van der Waals surface area contributed by atoms with Crippen molar-refractivity contribution in [1.29, 1.82) is 0 Å². The van der Waals surface area contributed by atoms with Gasteiger partial charge >= 0.3 is 0 Å². The number of carbonyl (C=O) groups is 2. The third-order valence-electron chi connectivity index (χ3n) is 3.35. The minimum Gasteiger partial charge on any atom is -0.368 e. The summed E-state index contributed by atoms with van der Waals surface area (Å²) < 4.78 is 11.3. The lowest BCUT2D eigenvalue weighted by Crippen LogP contribution is -2.50. The van der Waals surface area contributed by atoms with Gasteiger partial charge in [0, 0.05) is 5.41 Å². The molecule has 20 heavy (non-hydrogen) atoms. The van der Waals surface area contributed by atoms with E-state index in [1.54, 1.807) is 0 Å². The molecule has 1 aliphatic heterocycles. The van der Waals surface area contributed by atoms with E-state index in [9.17, 15) is 9.59 Å². The third-order valence-corrected chi connectivity index (χ3v) is 3.35. The van der Waals surface area contributed by atoms with Crippen molar-refractivity contribution >= 4 is 11.7 Å². The smallest absolute Gasteiger partial charge is 0.251 e. The minimum absolute atomic E-state index is 0.0130. The van der Waals surface area contributed by atoms with Crippen molar-refractivity contribution < 1.29 is 19.1 Å². The molecule has 1 aliphatic carbocycles. The zero-order valence-corrected chi connectivity index (χ0v) is 12.1. The highest BCUT2D eigenvalue weighted by Gasteiger charge is 2.34. The highest BCUT2D eigenvalue weighted by Crippen LogP contribution is 2.20. The molecule has 0 aromatic rings. The SMILES string of the molecule is CC(C)(C)C(=O)CNC(=O)C1COC2C=CC=CC2O1. The maximum atomic E-state index is 12.0. The highest BCUT2D eigenvalue weighted by atomic mass is 16.6. The van der Waals surface area contributed by atoms with Crippen LogP contribution in [0.5, 0.6) is 0 Å². The van der Waals surface area contributed by atoms with Crippen molar-refractivity contribution in [3.05, 3.63) is 24.3 Å². The van der Waals surface area contributed by atoms with E-state index in [1.807, 2.05) is 45.1 Å². The normalized spacial score (nSPS) is 28.9. The Morgan fingerprint density at radius 3 is 2.50 bits per heavy atom. The molecule has 1 amide bonds. The first-order valence-corrected chi connectivity index (χ1v) is 6.81. The second-order valence-electron chi connectivity index (χ2n) is 6.05. The fourth-order valence-electron chi connectivity index (χ4n) is 1.95. The first-order valence-electron chi connectivity index (χ1n) is 6.81. The van der Waals surface area contributed by atoms with Crippen LogP contribution in [0, 0.1) is 5.41 Å². The standard InChI is InChI=1S/C15H21NO4/c1-15(2,3)13(17)8-16-14(18)12-9-19-10-6-4-5-7-11(10)20-12/h4-7,10-12H,8-9H2,1-3H3,(H,16,18). The number of carbonyl (C=O) groups excluding carboxylic acids is 2. The summed E-state index contributed by atoms with van der Waals surface area (Å²) in [5.41, 5.74) is -0.459. The lowest BCUT2D eigenvalue weighted by Gasteiger charge is -2.34. The molecule has 0 bridgehead atoms. The Bertz CT molecular complexity index is 447. The van der Waals surface area contributed by atoms with Crippen LogP contribution in [0.3, 0.4) is 0 Å². The Morgan fingerprint density at radius 1 is 1.20 bits per heavy atom.